The van der Waals surface area contributed by atoms with E-state index in [1.54, 1.807) is 12.1 Å². The van der Waals surface area contributed by atoms with Gasteiger partial charge in [0.1, 0.15) is 0 Å². The van der Waals surface area contributed by atoms with Gasteiger partial charge in [-0.1, -0.05) is 6.07 Å². The molecule has 102 valence electrons. The van der Waals surface area contributed by atoms with E-state index in [9.17, 15) is 19.5 Å². The smallest absolute Gasteiger partial charge is 0.347 e. The number of hydrogen-bond donors (Lipinski definition) is 1. The molecule has 1 aliphatic carbocycles. The largest absolute Gasteiger partial charge is 0.435 e. The lowest BCUT2D eigenvalue weighted by molar-refractivity contribution is -0.156. The summed E-state index contributed by atoms with van der Waals surface area (Å²) in [5.41, 5.74) is 2.04. The normalized spacial score (nSPS) is 30.4. The highest BCUT2D eigenvalue weighted by molar-refractivity contribution is 6.15. The fourth-order valence-electron chi connectivity index (χ4n) is 3.33. The van der Waals surface area contributed by atoms with Crippen molar-refractivity contribution in [3.8, 4) is 0 Å². The molecule has 3 unspecified atom stereocenters. The van der Waals surface area contributed by atoms with Crippen LogP contribution in [0.4, 0.5) is 0 Å². The minimum atomic E-state index is -1.09. The standard InChI is InChI=1S/C14H10O6/c15-11-6-2-1-5-3-8-9(13(17)19-12(8)16)4-7(5)10(6)14(18)20-11/h1-2,8-9,12,16H,3-4H2. The molecule has 1 N–H and O–H groups in total. The average Bonchev–Trinajstić information content (AvgIpc) is 2.86. The third kappa shape index (κ3) is 1.34. The van der Waals surface area contributed by atoms with Crippen LogP contribution in [0.15, 0.2) is 12.1 Å². The van der Waals surface area contributed by atoms with Crippen molar-refractivity contribution in [3.05, 3.63) is 34.4 Å². The summed E-state index contributed by atoms with van der Waals surface area (Å²) in [4.78, 5) is 35.0. The lowest BCUT2D eigenvalue weighted by Gasteiger charge is -2.26. The van der Waals surface area contributed by atoms with Gasteiger partial charge in [-0.2, -0.15) is 0 Å². The van der Waals surface area contributed by atoms with Gasteiger partial charge in [0.05, 0.1) is 17.0 Å². The molecule has 1 aromatic carbocycles. The van der Waals surface area contributed by atoms with Gasteiger partial charge in [0.25, 0.3) is 0 Å². The van der Waals surface area contributed by atoms with Gasteiger partial charge in [0, 0.05) is 5.92 Å². The average molecular weight is 274 g/mol. The number of rotatable bonds is 0. The Labute approximate surface area is 113 Å². The Kier molecular flexibility index (Phi) is 2.13. The van der Waals surface area contributed by atoms with Crippen LogP contribution in [-0.4, -0.2) is 29.3 Å². The molecule has 2 aliphatic heterocycles. The SMILES string of the molecule is O=C1OC(=O)c2c1ccc1c2CC2C(=O)OC(O)C2C1. The first-order valence-electron chi connectivity index (χ1n) is 6.36. The molecular weight excluding hydrogens is 264 g/mol. The molecule has 0 bridgehead atoms. The summed E-state index contributed by atoms with van der Waals surface area (Å²) in [6.07, 6.45) is -0.356. The molecule has 1 aromatic rings. The van der Waals surface area contributed by atoms with Gasteiger partial charge in [-0.3, -0.25) is 4.79 Å². The van der Waals surface area contributed by atoms with Crippen molar-refractivity contribution in [1.82, 2.24) is 0 Å². The molecule has 0 spiro atoms. The number of fused-ring (bicyclic) bond motifs is 4. The quantitative estimate of drug-likeness (QED) is 0.537. The van der Waals surface area contributed by atoms with E-state index in [1.807, 2.05) is 0 Å². The second-order valence-corrected chi connectivity index (χ2v) is 5.31. The van der Waals surface area contributed by atoms with Crippen molar-refractivity contribution in [2.24, 2.45) is 11.8 Å². The predicted molar refractivity (Wildman–Crippen MR) is 62.7 cm³/mol. The van der Waals surface area contributed by atoms with E-state index in [4.69, 9.17) is 4.74 Å². The fourth-order valence-corrected chi connectivity index (χ4v) is 3.33. The topological polar surface area (TPSA) is 89.9 Å². The van der Waals surface area contributed by atoms with Crippen molar-refractivity contribution in [2.45, 2.75) is 19.1 Å². The molecular formula is C14H10O6. The van der Waals surface area contributed by atoms with Crippen molar-refractivity contribution in [3.63, 3.8) is 0 Å². The van der Waals surface area contributed by atoms with Gasteiger partial charge >= 0.3 is 17.9 Å². The Morgan fingerprint density at radius 1 is 1.10 bits per heavy atom. The maximum atomic E-state index is 11.8. The molecule has 0 amide bonds. The molecule has 0 aromatic heterocycles. The molecule has 0 saturated carbocycles. The number of carbonyl (C=O) groups excluding carboxylic acids is 3. The number of cyclic esters (lactones) is 3. The Hall–Kier alpha value is -2.21. The first-order chi connectivity index (χ1) is 9.56. The van der Waals surface area contributed by atoms with Crippen LogP contribution in [0, 0.1) is 11.8 Å². The molecule has 6 heteroatoms. The van der Waals surface area contributed by atoms with Gasteiger partial charge in [-0.15, -0.1) is 0 Å². The van der Waals surface area contributed by atoms with Gasteiger partial charge in [-0.25, -0.2) is 9.59 Å². The third-order valence-electron chi connectivity index (χ3n) is 4.32. The van der Waals surface area contributed by atoms with Crippen LogP contribution < -0.4 is 0 Å². The van der Waals surface area contributed by atoms with Gasteiger partial charge in [0.2, 0.25) is 6.29 Å². The number of hydrogen-bond acceptors (Lipinski definition) is 6. The van der Waals surface area contributed by atoms with Crippen LogP contribution in [0.5, 0.6) is 0 Å². The molecule has 20 heavy (non-hydrogen) atoms. The highest BCUT2D eigenvalue weighted by atomic mass is 16.6. The molecule has 6 nitrogen and oxygen atoms in total. The number of aliphatic hydroxyl groups excluding tert-OH is 1. The van der Waals surface area contributed by atoms with Crippen LogP contribution in [0.3, 0.4) is 0 Å². The van der Waals surface area contributed by atoms with Crippen molar-refractivity contribution in [1.29, 1.82) is 0 Å². The van der Waals surface area contributed by atoms with E-state index >= 15 is 0 Å². The maximum absolute atomic E-state index is 11.8. The lowest BCUT2D eigenvalue weighted by atomic mass is 9.75. The van der Waals surface area contributed by atoms with Crippen molar-refractivity contribution < 1.29 is 29.0 Å². The van der Waals surface area contributed by atoms with E-state index in [0.717, 1.165) is 5.56 Å². The number of esters is 3. The number of ether oxygens (including phenoxy) is 2. The second kappa shape index (κ2) is 3.67. The monoisotopic (exact) mass is 274 g/mol. The van der Waals surface area contributed by atoms with Gasteiger partial charge in [0.15, 0.2) is 0 Å². The Morgan fingerprint density at radius 3 is 2.70 bits per heavy atom. The first-order valence-corrected chi connectivity index (χ1v) is 6.36. The first kappa shape index (κ1) is 11.6. The van der Waals surface area contributed by atoms with Crippen molar-refractivity contribution >= 4 is 17.9 Å². The van der Waals surface area contributed by atoms with Crippen LogP contribution >= 0.6 is 0 Å². The van der Waals surface area contributed by atoms with E-state index in [2.05, 4.69) is 4.74 Å². The van der Waals surface area contributed by atoms with E-state index < -0.39 is 30.1 Å². The van der Waals surface area contributed by atoms with E-state index in [0.29, 0.717) is 18.4 Å². The number of benzene rings is 1. The molecule has 3 atom stereocenters. The summed E-state index contributed by atoms with van der Waals surface area (Å²) in [7, 11) is 0. The third-order valence-corrected chi connectivity index (χ3v) is 4.32. The predicted octanol–water partition coefficient (Wildman–Crippen LogP) is 0.203. The molecule has 1 saturated heterocycles. The second-order valence-electron chi connectivity index (χ2n) is 5.31. The summed E-state index contributed by atoms with van der Waals surface area (Å²) >= 11 is 0. The zero-order chi connectivity index (χ0) is 14.0. The highest BCUT2D eigenvalue weighted by Crippen LogP contribution is 2.41. The maximum Gasteiger partial charge on any atom is 0.347 e. The minimum Gasteiger partial charge on any atom is -0.435 e. The summed E-state index contributed by atoms with van der Waals surface area (Å²) in [5.74, 6) is -2.52. The summed E-state index contributed by atoms with van der Waals surface area (Å²) in [6.45, 7) is 0. The zero-order valence-electron chi connectivity index (χ0n) is 10.3. The van der Waals surface area contributed by atoms with Gasteiger partial charge in [-0.05, 0) is 30.0 Å². The molecule has 2 heterocycles. The summed E-state index contributed by atoms with van der Waals surface area (Å²) in [5, 5.41) is 9.72. The van der Waals surface area contributed by atoms with Gasteiger partial charge < -0.3 is 14.6 Å². The minimum absolute atomic E-state index is 0.249. The van der Waals surface area contributed by atoms with Crippen LogP contribution in [0.25, 0.3) is 0 Å². The fraction of sp³-hybridized carbons (Fsp3) is 0.357. The van der Waals surface area contributed by atoms with Crippen LogP contribution in [0.1, 0.15) is 31.8 Å². The number of carbonyl (C=O) groups is 3. The van der Waals surface area contributed by atoms with E-state index in [1.165, 1.54) is 0 Å². The van der Waals surface area contributed by atoms with E-state index in [-0.39, 0.29) is 17.0 Å². The molecule has 4 rings (SSSR count). The molecule has 0 radical (unpaired) electrons. The molecule has 1 fully saturated rings. The lowest BCUT2D eigenvalue weighted by Crippen LogP contribution is -2.30. The highest BCUT2D eigenvalue weighted by Gasteiger charge is 2.48. The summed E-state index contributed by atoms with van der Waals surface area (Å²) < 4.78 is 9.45. The Bertz CT molecular complexity index is 676. The van der Waals surface area contributed by atoms with Crippen LogP contribution in [-0.2, 0) is 27.1 Å². The van der Waals surface area contributed by atoms with Crippen LogP contribution in [0.2, 0.25) is 0 Å². The Balaban J connectivity index is 1.86. The Morgan fingerprint density at radius 2 is 1.90 bits per heavy atom. The molecule has 3 aliphatic rings. The number of aliphatic hydroxyl groups is 1. The van der Waals surface area contributed by atoms with Crippen molar-refractivity contribution in [2.75, 3.05) is 0 Å². The summed E-state index contributed by atoms with van der Waals surface area (Å²) in [6, 6.07) is 3.31. The zero-order valence-corrected chi connectivity index (χ0v) is 10.3.